The predicted octanol–water partition coefficient (Wildman–Crippen LogP) is 6.19. The van der Waals surface area contributed by atoms with Crippen LogP contribution in [0, 0.1) is 22.7 Å². The van der Waals surface area contributed by atoms with E-state index in [9.17, 15) is 10.5 Å². The van der Waals surface area contributed by atoms with Crippen LogP contribution in [0.2, 0.25) is 0 Å². The third-order valence-corrected chi connectivity index (χ3v) is 5.31. The van der Waals surface area contributed by atoms with Crippen LogP contribution in [-0.2, 0) is 0 Å². The van der Waals surface area contributed by atoms with Gasteiger partial charge in [0.1, 0.15) is 12.1 Å². The molecule has 4 aromatic carbocycles. The molecule has 0 N–H and O–H groups in total. The summed E-state index contributed by atoms with van der Waals surface area (Å²) < 4.78 is 2.24. The van der Waals surface area contributed by atoms with E-state index in [0.717, 1.165) is 27.8 Å². The van der Waals surface area contributed by atoms with Gasteiger partial charge in [-0.05, 0) is 24.3 Å². The van der Waals surface area contributed by atoms with Crippen molar-refractivity contribution in [2.24, 2.45) is 0 Å². The number of hydrogen-bond acceptors (Lipinski definition) is 2. The van der Waals surface area contributed by atoms with Gasteiger partial charge in [0.2, 0.25) is 0 Å². The van der Waals surface area contributed by atoms with E-state index in [4.69, 9.17) is 0 Å². The second-order valence-electron chi connectivity index (χ2n) is 6.84. The third kappa shape index (κ3) is 2.50. The molecule has 29 heavy (non-hydrogen) atoms. The standard InChI is InChI=1S/C26H15N3/c27-16-18-8-7-12-19(23(18)17-28)20-9-1-4-13-24(20)29-25-14-5-2-10-21(25)22-11-3-6-15-26(22)29/h1-15H. The zero-order chi connectivity index (χ0) is 19.8. The number of para-hydroxylation sites is 3. The van der Waals surface area contributed by atoms with Gasteiger partial charge < -0.3 is 4.57 Å². The molecule has 0 unspecified atom stereocenters. The van der Waals surface area contributed by atoms with Gasteiger partial charge in [0.05, 0.1) is 27.8 Å². The van der Waals surface area contributed by atoms with Crippen molar-refractivity contribution >= 4 is 21.8 Å². The number of nitriles is 2. The van der Waals surface area contributed by atoms with Crippen LogP contribution in [0.1, 0.15) is 11.1 Å². The van der Waals surface area contributed by atoms with Crippen molar-refractivity contribution < 1.29 is 0 Å². The first-order valence-electron chi connectivity index (χ1n) is 9.34. The SMILES string of the molecule is N#Cc1cccc(-c2ccccc2-n2c3ccccc3c3ccccc32)c1C#N. The van der Waals surface area contributed by atoms with Gasteiger partial charge in [-0.15, -0.1) is 0 Å². The molecule has 0 fully saturated rings. The van der Waals surface area contributed by atoms with Crippen molar-refractivity contribution in [1.29, 1.82) is 10.5 Å². The van der Waals surface area contributed by atoms with Crippen molar-refractivity contribution in [1.82, 2.24) is 4.57 Å². The first-order valence-corrected chi connectivity index (χ1v) is 9.34. The molecular formula is C26H15N3. The monoisotopic (exact) mass is 369 g/mol. The molecule has 134 valence electrons. The minimum absolute atomic E-state index is 0.391. The number of nitrogens with zero attached hydrogens (tertiary/aromatic N) is 3. The summed E-state index contributed by atoms with van der Waals surface area (Å²) in [6.45, 7) is 0. The highest BCUT2D eigenvalue weighted by Gasteiger charge is 2.17. The van der Waals surface area contributed by atoms with E-state index in [1.807, 2.05) is 42.5 Å². The Kier molecular flexibility index (Phi) is 3.87. The summed E-state index contributed by atoms with van der Waals surface area (Å²) in [5.41, 5.74) is 5.69. The predicted molar refractivity (Wildman–Crippen MR) is 116 cm³/mol. The minimum atomic E-state index is 0.391. The molecule has 0 amide bonds. The summed E-state index contributed by atoms with van der Waals surface area (Å²) in [4.78, 5) is 0. The molecule has 0 spiro atoms. The highest BCUT2D eigenvalue weighted by atomic mass is 15.0. The van der Waals surface area contributed by atoms with Crippen LogP contribution >= 0.6 is 0 Å². The molecular weight excluding hydrogens is 354 g/mol. The number of rotatable bonds is 2. The maximum Gasteiger partial charge on any atom is 0.101 e. The molecule has 0 atom stereocenters. The summed E-state index contributed by atoms with van der Waals surface area (Å²) in [5, 5.41) is 21.6. The number of benzene rings is 4. The fraction of sp³-hybridized carbons (Fsp3) is 0. The molecule has 0 saturated carbocycles. The first-order chi connectivity index (χ1) is 14.3. The second-order valence-corrected chi connectivity index (χ2v) is 6.84. The largest absolute Gasteiger partial charge is 0.309 e. The third-order valence-electron chi connectivity index (χ3n) is 5.31. The van der Waals surface area contributed by atoms with E-state index in [-0.39, 0.29) is 0 Å². The molecule has 0 aliphatic rings. The minimum Gasteiger partial charge on any atom is -0.309 e. The highest BCUT2D eigenvalue weighted by Crippen LogP contribution is 2.37. The summed E-state index contributed by atoms with van der Waals surface area (Å²) in [6, 6.07) is 34.5. The fourth-order valence-corrected chi connectivity index (χ4v) is 4.07. The van der Waals surface area contributed by atoms with E-state index >= 15 is 0 Å². The van der Waals surface area contributed by atoms with Crippen LogP contribution in [0.5, 0.6) is 0 Å². The van der Waals surface area contributed by atoms with Crippen LogP contribution in [0.15, 0.2) is 91.0 Å². The summed E-state index contributed by atoms with van der Waals surface area (Å²) in [6.07, 6.45) is 0. The zero-order valence-corrected chi connectivity index (χ0v) is 15.5. The van der Waals surface area contributed by atoms with Crippen molar-refractivity contribution in [3.05, 3.63) is 102 Å². The van der Waals surface area contributed by atoms with Gasteiger partial charge in [-0.1, -0.05) is 66.7 Å². The van der Waals surface area contributed by atoms with Crippen LogP contribution in [0.25, 0.3) is 38.6 Å². The average molecular weight is 369 g/mol. The van der Waals surface area contributed by atoms with Gasteiger partial charge in [-0.3, -0.25) is 0 Å². The topological polar surface area (TPSA) is 52.5 Å². The van der Waals surface area contributed by atoms with E-state index in [1.54, 1.807) is 6.07 Å². The number of aromatic nitrogens is 1. The lowest BCUT2D eigenvalue weighted by Gasteiger charge is -2.15. The maximum absolute atomic E-state index is 9.75. The molecule has 1 heterocycles. The fourth-order valence-electron chi connectivity index (χ4n) is 4.07. The number of hydrogen-bond donors (Lipinski definition) is 0. The lowest BCUT2D eigenvalue weighted by atomic mass is 9.95. The molecule has 5 aromatic rings. The van der Waals surface area contributed by atoms with Crippen LogP contribution in [0.4, 0.5) is 0 Å². The highest BCUT2D eigenvalue weighted by molar-refractivity contribution is 6.09. The lowest BCUT2D eigenvalue weighted by molar-refractivity contribution is 1.18. The molecule has 5 rings (SSSR count). The maximum atomic E-state index is 9.75. The van der Waals surface area contributed by atoms with Crippen LogP contribution in [0.3, 0.4) is 0 Å². The van der Waals surface area contributed by atoms with E-state index in [1.165, 1.54) is 10.8 Å². The summed E-state index contributed by atoms with van der Waals surface area (Å²) in [5.74, 6) is 0. The molecule has 0 saturated heterocycles. The van der Waals surface area contributed by atoms with Crippen molar-refractivity contribution in [2.45, 2.75) is 0 Å². The Morgan fingerprint density at radius 1 is 0.552 bits per heavy atom. The summed E-state index contributed by atoms with van der Waals surface area (Å²) in [7, 11) is 0. The Bertz CT molecular complexity index is 1420. The van der Waals surface area contributed by atoms with Crippen molar-refractivity contribution in [3.8, 4) is 29.0 Å². The quantitative estimate of drug-likeness (QED) is 0.372. The Balaban J connectivity index is 1.91. The molecule has 0 radical (unpaired) electrons. The van der Waals surface area contributed by atoms with Gasteiger partial charge in [-0.25, -0.2) is 0 Å². The molecule has 3 nitrogen and oxygen atoms in total. The Labute approximate surface area is 168 Å². The lowest BCUT2D eigenvalue weighted by Crippen LogP contribution is -1.98. The van der Waals surface area contributed by atoms with Gasteiger partial charge >= 0.3 is 0 Å². The Hall–Kier alpha value is -4.34. The molecule has 0 bridgehead atoms. The van der Waals surface area contributed by atoms with E-state index in [2.05, 4.69) is 59.2 Å². The average Bonchev–Trinajstić information content (AvgIpc) is 3.13. The summed E-state index contributed by atoms with van der Waals surface area (Å²) >= 11 is 0. The van der Waals surface area contributed by atoms with Gasteiger partial charge in [0.15, 0.2) is 0 Å². The van der Waals surface area contributed by atoms with Gasteiger partial charge in [0.25, 0.3) is 0 Å². The molecule has 1 aromatic heterocycles. The van der Waals surface area contributed by atoms with Crippen LogP contribution < -0.4 is 0 Å². The van der Waals surface area contributed by atoms with E-state index < -0.39 is 0 Å². The molecule has 0 aliphatic heterocycles. The first kappa shape index (κ1) is 16.8. The van der Waals surface area contributed by atoms with Gasteiger partial charge in [-0.2, -0.15) is 10.5 Å². The normalized spacial score (nSPS) is 10.7. The Morgan fingerprint density at radius 2 is 1.14 bits per heavy atom. The zero-order valence-electron chi connectivity index (χ0n) is 15.5. The molecule has 3 heteroatoms. The van der Waals surface area contributed by atoms with E-state index in [0.29, 0.717) is 11.1 Å². The van der Waals surface area contributed by atoms with Gasteiger partial charge in [0, 0.05) is 21.9 Å². The Morgan fingerprint density at radius 3 is 1.79 bits per heavy atom. The number of fused-ring (bicyclic) bond motifs is 3. The van der Waals surface area contributed by atoms with Crippen molar-refractivity contribution in [2.75, 3.05) is 0 Å². The van der Waals surface area contributed by atoms with Crippen molar-refractivity contribution in [3.63, 3.8) is 0 Å². The van der Waals surface area contributed by atoms with Crippen LogP contribution in [-0.4, -0.2) is 4.57 Å². The smallest absolute Gasteiger partial charge is 0.101 e. The molecule has 0 aliphatic carbocycles. The second kappa shape index (κ2) is 6.68.